The molecule has 25 heavy (non-hydrogen) atoms. The Morgan fingerprint density at radius 3 is 2.68 bits per heavy atom. The summed E-state index contributed by atoms with van der Waals surface area (Å²) in [6, 6.07) is 7.54. The van der Waals surface area contributed by atoms with E-state index >= 15 is 0 Å². The fourth-order valence-electron chi connectivity index (χ4n) is 3.21. The standard InChI is InChI=1S/C18H26N4O2S/c1-16-5-6-17(2)18(15-16)25(23,24)22-10-4-8-20(12-14-22)11-13-21-9-3-7-19-21/h3,5-7,9,15H,4,8,10-14H2,1-2H3. The number of sulfonamides is 1. The molecule has 0 saturated carbocycles. The van der Waals surface area contributed by atoms with Crippen molar-refractivity contribution in [3.8, 4) is 0 Å². The highest BCUT2D eigenvalue weighted by Gasteiger charge is 2.28. The maximum Gasteiger partial charge on any atom is 0.243 e. The minimum Gasteiger partial charge on any atom is -0.300 e. The van der Waals surface area contributed by atoms with Crippen LogP contribution in [0.2, 0.25) is 0 Å². The van der Waals surface area contributed by atoms with Crippen LogP contribution in [-0.2, 0) is 16.6 Å². The minimum absolute atomic E-state index is 0.442. The molecule has 1 aliphatic rings. The molecule has 0 bridgehead atoms. The molecule has 136 valence electrons. The van der Waals surface area contributed by atoms with Crippen LogP contribution in [0, 0.1) is 13.8 Å². The third-order valence-corrected chi connectivity index (χ3v) is 6.75. The van der Waals surface area contributed by atoms with Crippen molar-refractivity contribution in [1.29, 1.82) is 0 Å². The second kappa shape index (κ2) is 7.68. The van der Waals surface area contributed by atoms with Gasteiger partial charge in [-0.25, -0.2) is 8.42 Å². The van der Waals surface area contributed by atoms with E-state index in [4.69, 9.17) is 0 Å². The molecule has 2 aromatic rings. The molecule has 1 aromatic heterocycles. The number of rotatable bonds is 5. The van der Waals surface area contributed by atoms with Gasteiger partial charge in [-0.15, -0.1) is 0 Å². The van der Waals surface area contributed by atoms with Gasteiger partial charge in [-0.3, -0.25) is 4.68 Å². The quantitative estimate of drug-likeness (QED) is 0.815. The second-order valence-corrected chi connectivity index (χ2v) is 8.54. The van der Waals surface area contributed by atoms with Crippen molar-refractivity contribution >= 4 is 10.0 Å². The summed E-state index contributed by atoms with van der Waals surface area (Å²) in [5.41, 5.74) is 1.78. The lowest BCUT2D eigenvalue weighted by atomic mass is 10.2. The van der Waals surface area contributed by atoms with Crippen molar-refractivity contribution in [3.63, 3.8) is 0 Å². The second-order valence-electron chi connectivity index (χ2n) is 6.64. The van der Waals surface area contributed by atoms with E-state index in [0.29, 0.717) is 18.0 Å². The van der Waals surface area contributed by atoms with E-state index in [2.05, 4.69) is 10.00 Å². The summed E-state index contributed by atoms with van der Waals surface area (Å²) in [6.45, 7) is 8.29. The first-order valence-electron chi connectivity index (χ1n) is 8.74. The fourth-order valence-corrected chi connectivity index (χ4v) is 4.99. The van der Waals surface area contributed by atoms with Crippen LogP contribution in [0.25, 0.3) is 0 Å². The van der Waals surface area contributed by atoms with Gasteiger partial charge in [-0.05, 0) is 50.1 Å². The van der Waals surface area contributed by atoms with Crippen molar-refractivity contribution < 1.29 is 8.42 Å². The minimum atomic E-state index is -3.43. The normalized spacial score (nSPS) is 17.5. The topological polar surface area (TPSA) is 58.4 Å². The molecule has 1 aromatic carbocycles. The molecule has 1 saturated heterocycles. The Morgan fingerprint density at radius 2 is 1.92 bits per heavy atom. The third kappa shape index (κ3) is 4.29. The highest BCUT2D eigenvalue weighted by atomic mass is 32.2. The summed E-state index contributed by atoms with van der Waals surface area (Å²) in [6.07, 6.45) is 4.58. The Kier molecular flexibility index (Phi) is 5.56. The molecule has 6 nitrogen and oxygen atoms in total. The molecule has 1 aliphatic heterocycles. The maximum atomic E-state index is 13.1. The summed E-state index contributed by atoms with van der Waals surface area (Å²) in [7, 11) is -3.43. The smallest absolute Gasteiger partial charge is 0.243 e. The number of aryl methyl sites for hydroxylation is 2. The van der Waals surface area contributed by atoms with Crippen molar-refractivity contribution in [1.82, 2.24) is 19.0 Å². The molecule has 0 N–H and O–H groups in total. The molecule has 3 rings (SSSR count). The molecule has 1 fully saturated rings. The Balaban J connectivity index is 1.66. The number of hydrogen-bond donors (Lipinski definition) is 0. The van der Waals surface area contributed by atoms with Crippen LogP contribution >= 0.6 is 0 Å². The first-order valence-corrected chi connectivity index (χ1v) is 10.2. The number of nitrogens with zero attached hydrogens (tertiary/aromatic N) is 4. The van der Waals surface area contributed by atoms with Crippen LogP contribution in [0.5, 0.6) is 0 Å². The molecule has 0 radical (unpaired) electrons. The van der Waals surface area contributed by atoms with Gasteiger partial charge in [0.15, 0.2) is 0 Å². The first-order chi connectivity index (χ1) is 12.0. The third-order valence-electron chi connectivity index (χ3n) is 4.71. The van der Waals surface area contributed by atoms with Crippen LogP contribution in [0.3, 0.4) is 0 Å². The first kappa shape index (κ1) is 18.1. The SMILES string of the molecule is Cc1ccc(C)c(S(=O)(=O)N2CCCN(CCn3cccn3)CC2)c1. The number of aromatic nitrogens is 2. The molecule has 2 heterocycles. The van der Waals surface area contributed by atoms with Crippen LogP contribution in [0.15, 0.2) is 41.6 Å². The zero-order chi connectivity index (χ0) is 17.9. The zero-order valence-electron chi connectivity index (χ0n) is 14.9. The number of benzene rings is 1. The predicted molar refractivity (Wildman–Crippen MR) is 98.0 cm³/mol. The lowest BCUT2D eigenvalue weighted by Crippen LogP contribution is -2.36. The molecule has 0 amide bonds. The molecule has 0 atom stereocenters. The Hall–Kier alpha value is -1.70. The van der Waals surface area contributed by atoms with E-state index in [1.165, 1.54) is 0 Å². The summed E-state index contributed by atoms with van der Waals surface area (Å²) in [4.78, 5) is 2.76. The molecular weight excluding hydrogens is 336 g/mol. The van der Waals surface area contributed by atoms with E-state index in [0.717, 1.165) is 43.7 Å². The predicted octanol–water partition coefficient (Wildman–Crippen LogP) is 1.90. The average Bonchev–Trinajstić information content (AvgIpc) is 2.98. The van der Waals surface area contributed by atoms with Gasteiger partial charge in [-0.2, -0.15) is 9.40 Å². The highest BCUT2D eigenvalue weighted by Crippen LogP contribution is 2.22. The van der Waals surface area contributed by atoms with Crippen LogP contribution in [-0.4, -0.2) is 60.1 Å². The van der Waals surface area contributed by atoms with Gasteiger partial charge < -0.3 is 4.90 Å². The fraction of sp³-hybridized carbons (Fsp3) is 0.500. The molecular formula is C18H26N4O2S. The van der Waals surface area contributed by atoms with Gasteiger partial charge in [0.05, 0.1) is 11.4 Å². The number of hydrogen-bond acceptors (Lipinski definition) is 4. The van der Waals surface area contributed by atoms with Crippen LogP contribution in [0.1, 0.15) is 17.5 Å². The van der Waals surface area contributed by atoms with E-state index < -0.39 is 10.0 Å². The van der Waals surface area contributed by atoms with Gasteiger partial charge in [0.1, 0.15) is 0 Å². The summed E-state index contributed by atoms with van der Waals surface area (Å²) in [5.74, 6) is 0. The van der Waals surface area contributed by atoms with Gasteiger partial charge in [-0.1, -0.05) is 12.1 Å². The zero-order valence-corrected chi connectivity index (χ0v) is 15.7. The summed E-state index contributed by atoms with van der Waals surface area (Å²) in [5, 5.41) is 4.22. The summed E-state index contributed by atoms with van der Waals surface area (Å²) >= 11 is 0. The van der Waals surface area contributed by atoms with Crippen molar-refractivity contribution in [2.75, 3.05) is 32.7 Å². The van der Waals surface area contributed by atoms with Gasteiger partial charge >= 0.3 is 0 Å². The van der Waals surface area contributed by atoms with Gasteiger partial charge in [0.25, 0.3) is 0 Å². The van der Waals surface area contributed by atoms with Crippen LogP contribution in [0.4, 0.5) is 0 Å². The monoisotopic (exact) mass is 362 g/mol. The maximum absolute atomic E-state index is 13.1. The van der Waals surface area contributed by atoms with Crippen molar-refractivity contribution in [2.24, 2.45) is 0 Å². The lowest BCUT2D eigenvalue weighted by molar-refractivity contribution is 0.270. The molecule has 0 aliphatic carbocycles. The van der Waals surface area contributed by atoms with E-state index in [1.54, 1.807) is 16.6 Å². The Bertz CT molecular complexity index is 802. The van der Waals surface area contributed by atoms with E-state index in [9.17, 15) is 8.42 Å². The lowest BCUT2D eigenvalue weighted by Gasteiger charge is -2.22. The van der Waals surface area contributed by atoms with Gasteiger partial charge in [0, 0.05) is 38.6 Å². The molecule has 7 heteroatoms. The largest absolute Gasteiger partial charge is 0.300 e. The molecule has 0 spiro atoms. The van der Waals surface area contributed by atoms with Crippen molar-refractivity contribution in [3.05, 3.63) is 47.8 Å². The summed E-state index contributed by atoms with van der Waals surface area (Å²) < 4.78 is 29.7. The molecule has 0 unspecified atom stereocenters. The average molecular weight is 362 g/mol. The van der Waals surface area contributed by atoms with Crippen molar-refractivity contribution in [2.45, 2.75) is 31.7 Å². The van der Waals surface area contributed by atoms with Crippen LogP contribution < -0.4 is 0 Å². The Labute approximate surface area is 150 Å². The Morgan fingerprint density at radius 1 is 1.08 bits per heavy atom. The highest BCUT2D eigenvalue weighted by molar-refractivity contribution is 7.89. The van der Waals surface area contributed by atoms with Gasteiger partial charge in [0.2, 0.25) is 10.0 Å². The van der Waals surface area contributed by atoms with E-state index in [1.807, 2.05) is 42.9 Å². The van der Waals surface area contributed by atoms with E-state index in [-0.39, 0.29) is 0 Å².